The molecular weight excluding hydrogens is 383 g/mol. The van der Waals surface area contributed by atoms with Crippen LogP contribution in [-0.2, 0) is 0 Å². The minimum Gasteiger partial charge on any atom is -0.376 e. The van der Waals surface area contributed by atoms with Crippen LogP contribution in [0.3, 0.4) is 0 Å². The van der Waals surface area contributed by atoms with Gasteiger partial charge in [-0.25, -0.2) is 0 Å². The van der Waals surface area contributed by atoms with Crippen LogP contribution in [0.1, 0.15) is 29.5 Å². The first-order valence-electron chi connectivity index (χ1n) is 7.82. The van der Waals surface area contributed by atoms with Crippen LogP contribution in [0.15, 0.2) is 42.5 Å². The molecule has 4 nitrogen and oxygen atoms in total. The van der Waals surface area contributed by atoms with Gasteiger partial charge in [0.1, 0.15) is 5.02 Å². The number of halogens is 3. The van der Waals surface area contributed by atoms with E-state index in [9.17, 15) is 10.1 Å². The highest BCUT2D eigenvalue weighted by Gasteiger charge is 2.39. The molecule has 1 N–H and O–H groups in total. The smallest absolute Gasteiger partial charge is 0.288 e. The van der Waals surface area contributed by atoms with Crippen molar-refractivity contribution >= 4 is 46.2 Å². The van der Waals surface area contributed by atoms with Gasteiger partial charge in [-0.05, 0) is 35.6 Å². The minimum absolute atomic E-state index is 0.0912. The molecule has 1 heterocycles. The molecule has 0 saturated heterocycles. The zero-order valence-corrected chi connectivity index (χ0v) is 15.1. The van der Waals surface area contributed by atoms with Gasteiger partial charge in [-0.3, -0.25) is 10.1 Å². The number of nitro benzene ring substituents is 1. The number of rotatable bonds is 2. The van der Waals surface area contributed by atoms with E-state index in [1.165, 1.54) is 0 Å². The quantitative estimate of drug-likeness (QED) is 0.364. The summed E-state index contributed by atoms with van der Waals surface area (Å²) < 4.78 is 0. The van der Waals surface area contributed by atoms with Crippen molar-refractivity contribution in [3.05, 3.63) is 78.8 Å². The SMILES string of the molecule is O=[N+]([O-])c1cc(C2Nc3c(ccc(Cl)c3Cl)C3C=CCC32)ccc1Cl. The lowest BCUT2D eigenvalue weighted by molar-refractivity contribution is -0.384. The topological polar surface area (TPSA) is 55.2 Å². The van der Waals surface area contributed by atoms with E-state index in [0.29, 0.717) is 10.0 Å². The Labute approximate surface area is 159 Å². The molecule has 25 heavy (non-hydrogen) atoms. The van der Waals surface area contributed by atoms with E-state index in [0.717, 1.165) is 23.2 Å². The van der Waals surface area contributed by atoms with Crippen molar-refractivity contribution in [1.82, 2.24) is 0 Å². The number of hydrogen-bond acceptors (Lipinski definition) is 3. The Bertz CT molecular complexity index is 913. The van der Waals surface area contributed by atoms with E-state index in [1.54, 1.807) is 18.2 Å². The van der Waals surface area contributed by atoms with Crippen LogP contribution in [-0.4, -0.2) is 4.92 Å². The average molecular weight is 396 g/mol. The fraction of sp³-hybridized carbons (Fsp3) is 0.222. The Morgan fingerprint density at radius 1 is 1.12 bits per heavy atom. The standard InChI is InChI=1S/C18H13Cl3N2O2/c19-13-6-4-9(8-15(13)23(24)25)17-11-3-1-2-10(11)12-5-7-14(20)16(21)18(12)22-17/h1-2,4-8,10-11,17,22H,3H2. The molecule has 0 bridgehead atoms. The Balaban J connectivity index is 1.83. The summed E-state index contributed by atoms with van der Waals surface area (Å²) in [5.74, 6) is 0.455. The summed E-state index contributed by atoms with van der Waals surface area (Å²) in [5.41, 5.74) is 2.63. The number of nitrogens with one attached hydrogen (secondary N) is 1. The lowest BCUT2D eigenvalue weighted by atomic mass is 9.77. The van der Waals surface area contributed by atoms with Crippen molar-refractivity contribution in [3.63, 3.8) is 0 Å². The molecule has 3 unspecified atom stereocenters. The Kier molecular flexibility index (Phi) is 4.14. The molecule has 0 spiro atoms. The summed E-state index contributed by atoms with van der Waals surface area (Å²) >= 11 is 18.5. The van der Waals surface area contributed by atoms with Gasteiger partial charge in [0.05, 0.1) is 26.7 Å². The van der Waals surface area contributed by atoms with Crippen LogP contribution in [0.4, 0.5) is 11.4 Å². The number of anilines is 1. The molecule has 1 aliphatic carbocycles. The number of hydrogen-bond donors (Lipinski definition) is 1. The van der Waals surface area contributed by atoms with Crippen molar-refractivity contribution in [2.24, 2.45) is 5.92 Å². The molecule has 2 aromatic rings. The maximum Gasteiger partial charge on any atom is 0.288 e. The monoisotopic (exact) mass is 394 g/mol. The molecule has 0 radical (unpaired) electrons. The molecule has 4 rings (SSSR count). The van der Waals surface area contributed by atoms with Crippen molar-refractivity contribution < 1.29 is 4.92 Å². The number of nitrogens with zero attached hydrogens (tertiary/aromatic N) is 1. The van der Waals surface area contributed by atoms with Gasteiger partial charge in [-0.2, -0.15) is 0 Å². The summed E-state index contributed by atoms with van der Waals surface area (Å²) in [5, 5.41) is 15.8. The van der Waals surface area contributed by atoms with Gasteiger partial charge in [0.15, 0.2) is 0 Å². The fourth-order valence-electron chi connectivity index (χ4n) is 3.80. The average Bonchev–Trinajstić information content (AvgIpc) is 3.07. The van der Waals surface area contributed by atoms with Gasteiger partial charge in [-0.1, -0.05) is 59.1 Å². The Hall–Kier alpha value is -1.75. The number of allylic oxidation sites excluding steroid dienone is 2. The molecule has 7 heteroatoms. The maximum atomic E-state index is 11.2. The third-order valence-electron chi connectivity index (χ3n) is 4.95. The highest BCUT2D eigenvalue weighted by Crippen LogP contribution is 2.52. The number of fused-ring (bicyclic) bond motifs is 3. The van der Waals surface area contributed by atoms with E-state index in [1.807, 2.05) is 12.1 Å². The molecule has 128 valence electrons. The van der Waals surface area contributed by atoms with Crippen LogP contribution in [0.2, 0.25) is 15.1 Å². The zero-order valence-electron chi connectivity index (χ0n) is 12.9. The molecule has 0 saturated carbocycles. The molecule has 0 fully saturated rings. The first-order valence-corrected chi connectivity index (χ1v) is 8.95. The summed E-state index contributed by atoms with van der Waals surface area (Å²) in [7, 11) is 0. The first kappa shape index (κ1) is 16.7. The van der Waals surface area contributed by atoms with Gasteiger partial charge in [0.2, 0.25) is 0 Å². The predicted octanol–water partition coefficient (Wildman–Crippen LogP) is 6.38. The lowest BCUT2D eigenvalue weighted by Gasteiger charge is -2.38. The van der Waals surface area contributed by atoms with Gasteiger partial charge < -0.3 is 5.32 Å². The second kappa shape index (κ2) is 6.20. The number of benzene rings is 2. The molecule has 0 amide bonds. The van der Waals surface area contributed by atoms with Gasteiger partial charge >= 0.3 is 0 Å². The van der Waals surface area contributed by atoms with E-state index in [2.05, 4.69) is 17.5 Å². The van der Waals surface area contributed by atoms with E-state index < -0.39 is 4.92 Å². The van der Waals surface area contributed by atoms with Crippen LogP contribution in [0, 0.1) is 16.0 Å². The second-order valence-electron chi connectivity index (χ2n) is 6.27. The highest BCUT2D eigenvalue weighted by atomic mass is 35.5. The van der Waals surface area contributed by atoms with Crippen LogP contribution in [0.5, 0.6) is 0 Å². The van der Waals surface area contributed by atoms with Crippen molar-refractivity contribution in [3.8, 4) is 0 Å². The van der Waals surface area contributed by atoms with E-state index in [-0.39, 0.29) is 28.6 Å². The normalized spacial score (nSPS) is 23.7. The van der Waals surface area contributed by atoms with Crippen LogP contribution < -0.4 is 5.32 Å². The van der Waals surface area contributed by atoms with Crippen molar-refractivity contribution in [1.29, 1.82) is 0 Å². The molecule has 0 aromatic heterocycles. The lowest BCUT2D eigenvalue weighted by Crippen LogP contribution is -2.29. The van der Waals surface area contributed by atoms with Gasteiger partial charge in [0.25, 0.3) is 5.69 Å². The number of nitro groups is 1. The van der Waals surface area contributed by atoms with Gasteiger partial charge in [0, 0.05) is 12.0 Å². The van der Waals surface area contributed by atoms with Crippen LogP contribution in [0.25, 0.3) is 0 Å². The molecule has 2 aliphatic rings. The van der Waals surface area contributed by atoms with Crippen molar-refractivity contribution in [2.75, 3.05) is 5.32 Å². The third-order valence-corrected chi connectivity index (χ3v) is 6.08. The van der Waals surface area contributed by atoms with E-state index in [4.69, 9.17) is 34.8 Å². The Morgan fingerprint density at radius 2 is 1.88 bits per heavy atom. The molecule has 1 aliphatic heterocycles. The molecule has 2 aromatic carbocycles. The summed E-state index contributed by atoms with van der Waals surface area (Å²) in [4.78, 5) is 10.8. The van der Waals surface area contributed by atoms with Crippen LogP contribution >= 0.6 is 34.8 Å². The Morgan fingerprint density at radius 3 is 2.64 bits per heavy atom. The van der Waals surface area contributed by atoms with Gasteiger partial charge in [-0.15, -0.1) is 0 Å². The first-order chi connectivity index (χ1) is 12.0. The molecular formula is C18H13Cl3N2O2. The summed E-state index contributed by atoms with van der Waals surface area (Å²) in [6.07, 6.45) is 5.20. The van der Waals surface area contributed by atoms with E-state index >= 15 is 0 Å². The maximum absolute atomic E-state index is 11.2. The summed E-state index contributed by atoms with van der Waals surface area (Å²) in [6.45, 7) is 0. The second-order valence-corrected chi connectivity index (χ2v) is 7.46. The van der Waals surface area contributed by atoms with Crippen molar-refractivity contribution in [2.45, 2.75) is 18.4 Å². The fourth-order valence-corrected chi connectivity index (χ4v) is 4.37. The minimum atomic E-state index is -0.461. The zero-order chi connectivity index (χ0) is 17.7. The highest BCUT2D eigenvalue weighted by molar-refractivity contribution is 6.43. The largest absolute Gasteiger partial charge is 0.376 e. The predicted molar refractivity (Wildman–Crippen MR) is 101 cm³/mol. The third kappa shape index (κ3) is 2.69. The summed E-state index contributed by atoms with van der Waals surface area (Å²) in [6, 6.07) is 8.62. The molecule has 3 atom stereocenters.